The lowest BCUT2D eigenvalue weighted by atomic mass is 9.91. The topological polar surface area (TPSA) is 314 Å². The van der Waals surface area contributed by atoms with Gasteiger partial charge in [0.15, 0.2) is 0 Å². The van der Waals surface area contributed by atoms with Crippen molar-refractivity contribution >= 4 is 70.9 Å². The third-order valence-electron chi connectivity index (χ3n) is 16.9. The number of nitrogens with zero attached hydrogens (tertiary/aromatic N) is 7. The fourth-order valence-corrected chi connectivity index (χ4v) is 11.3. The Balaban J connectivity index is 4.50. The molecule has 1 aliphatic rings. The van der Waals surface area contributed by atoms with Crippen LogP contribution >= 0.6 is 0 Å². The number of aliphatic hydroxyl groups is 1. The number of hydrogen-bond acceptors (Lipinski definition) is 15. The summed E-state index contributed by atoms with van der Waals surface area (Å²) in [5.74, 6) is -11.6. The van der Waals surface area contributed by atoms with Crippen LogP contribution in [0.4, 0.5) is 0 Å². The van der Waals surface area contributed by atoms with Crippen LogP contribution in [0.3, 0.4) is 0 Å². The number of carbonyl (C=O) groups is 12. The number of rotatable bonds is 19. The molecule has 0 radical (unpaired) electrons. The minimum atomic E-state index is -1.65. The summed E-state index contributed by atoms with van der Waals surface area (Å²) >= 11 is 0. The number of nitrogens with one attached hydrogen (secondary N) is 4. The first-order valence-corrected chi connectivity index (χ1v) is 33.4. The van der Waals surface area contributed by atoms with Crippen LogP contribution in [0.25, 0.3) is 0 Å². The lowest BCUT2D eigenvalue weighted by molar-refractivity contribution is -0.161. The molecule has 1 rings (SSSR count). The van der Waals surface area contributed by atoms with Gasteiger partial charge in [0.05, 0.1) is 19.3 Å². The summed E-state index contributed by atoms with van der Waals surface area (Å²) in [6, 6.07) is -13.4. The van der Waals surface area contributed by atoms with Gasteiger partial charge >= 0.3 is 5.97 Å². The van der Waals surface area contributed by atoms with Gasteiger partial charge in [0, 0.05) is 49.3 Å². The first kappa shape index (κ1) is 85.3. The van der Waals surface area contributed by atoms with Gasteiger partial charge in [-0.3, -0.25) is 52.7 Å². The molecule has 11 amide bonds. The molecule has 1 saturated heterocycles. The molecule has 0 bridgehead atoms. The zero-order valence-electron chi connectivity index (χ0n) is 61.7. The lowest BCUT2D eigenvalue weighted by Crippen LogP contribution is -2.63. The minimum Gasteiger partial charge on any atom is -0.458 e. The third-order valence-corrected chi connectivity index (χ3v) is 16.9. The molecule has 26 nitrogen and oxygen atoms in total. The van der Waals surface area contributed by atoms with Crippen molar-refractivity contribution in [3.63, 3.8) is 0 Å². The molecule has 1 heterocycles. The molecule has 0 aromatic heterocycles. The highest BCUT2D eigenvalue weighted by Gasteiger charge is 2.46. The molecular weight excluding hydrogens is 1210 g/mol. The maximum absolute atomic E-state index is 15.3. The van der Waals surface area contributed by atoms with Crippen LogP contribution in [-0.4, -0.2) is 252 Å². The molecule has 1 aliphatic heterocycles. The number of likely N-dealkylation sites (N-methyl/N-ethyl adjacent to an activating group) is 7. The van der Waals surface area contributed by atoms with Crippen LogP contribution in [0.5, 0.6) is 0 Å². The van der Waals surface area contributed by atoms with E-state index in [4.69, 9.17) is 9.47 Å². The maximum Gasteiger partial charge on any atom is 0.332 e. The minimum absolute atomic E-state index is 0.000869. The van der Waals surface area contributed by atoms with Crippen molar-refractivity contribution in [3.05, 3.63) is 12.2 Å². The fraction of sp³-hybridized carbons (Fsp3) is 0.794. The molecule has 12 atom stereocenters. The van der Waals surface area contributed by atoms with Crippen molar-refractivity contribution in [3.8, 4) is 0 Å². The van der Waals surface area contributed by atoms with Gasteiger partial charge in [0.25, 0.3) is 0 Å². The average molecular weight is 1330 g/mol. The summed E-state index contributed by atoms with van der Waals surface area (Å²) in [5, 5.41) is 23.1. The zero-order valence-corrected chi connectivity index (χ0v) is 61.7. The van der Waals surface area contributed by atoms with Crippen LogP contribution < -0.4 is 21.3 Å². The molecule has 26 heteroatoms. The van der Waals surface area contributed by atoms with E-state index in [1.54, 1.807) is 81.4 Å². The predicted molar refractivity (Wildman–Crippen MR) is 359 cm³/mol. The van der Waals surface area contributed by atoms with Gasteiger partial charge in [-0.1, -0.05) is 109 Å². The number of hydrogen-bond donors (Lipinski definition) is 5. The standard InChI is InChI=1S/C68H121N11O15/c1-27-29-30-44(15)57(82)56-61(86)70-46(28-2)62(87)73(20)35-52(80)74(21)48(31-38(3)4)60(85)72-54(42(11)12)66(91)75(22)49(32-39(5)6)59(84)69-45(16)58(83)71-47(36-93-37-53(81)94-68(17,18)19)63(88)76(23)50(33-40(7)8)64(89)77(24)51(34-41(9)10)65(90)78(25)55(43(13)14)67(92)79(56)26/h27,29,38-51,54-57,82H,28,30-37H2,1-26H3,(H,69,84)(H,70,86)(H,71,83)(H,72,85)/b29-27+/t44-,45+,46+,47-,48+,49+,50+,51+,54+,55+,56+,57-/m1/s1. The first-order chi connectivity index (χ1) is 43.3. The van der Waals surface area contributed by atoms with Crippen molar-refractivity contribution in [1.82, 2.24) is 55.6 Å². The van der Waals surface area contributed by atoms with Gasteiger partial charge < -0.3 is 70.1 Å². The highest BCUT2D eigenvalue weighted by Crippen LogP contribution is 2.26. The summed E-state index contributed by atoms with van der Waals surface area (Å²) < 4.78 is 11.2. The Morgan fingerprint density at radius 1 is 0.532 bits per heavy atom. The third kappa shape index (κ3) is 25.5. The number of esters is 1. The molecule has 94 heavy (non-hydrogen) atoms. The second-order valence-electron chi connectivity index (χ2n) is 29.0. The van der Waals surface area contributed by atoms with Gasteiger partial charge in [-0.15, -0.1) is 0 Å². The van der Waals surface area contributed by atoms with Crippen LogP contribution in [-0.2, 0) is 67.0 Å². The Hall–Kier alpha value is -6.70. The maximum atomic E-state index is 15.3. The molecule has 0 spiro atoms. The van der Waals surface area contributed by atoms with Crippen LogP contribution in [0.15, 0.2) is 12.2 Å². The largest absolute Gasteiger partial charge is 0.458 e. The summed E-state index contributed by atoms with van der Waals surface area (Å²) in [7, 11) is 9.69. The smallest absolute Gasteiger partial charge is 0.332 e. The van der Waals surface area contributed by atoms with E-state index in [-0.39, 0.29) is 62.2 Å². The summed E-state index contributed by atoms with van der Waals surface area (Å²) in [5.41, 5.74) is -0.899. The molecule has 0 saturated carbocycles. The molecule has 0 aromatic rings. The van der Waals surface area contributed by atoms with Crippen molar-refractivity contribution in [2.24, 2.45) is 41.4 Å². The normalized spacial score (nSPS) is 25.6. The molecule has 0 aliphatic carbocycles. The van der Waals surface area contributed by atoms with E-state index in [1.807, 2.05) is 55.4 Å². The Kier molecular flexibility index (Phi) is 35.2. The summed E-state index contributed by atoms with van der Waals surface area (Å²) in [4.78, 5) is 184. The van der Waals surface area contributed by atoms with Gasteiger partial charge in [-0.2, -0.15) is 0 Å². The van der Waals surface area contributed by atoms with Gasteiger partial charge in [0.2, 0.25) is 65.0 Å². The SMILES string of the molecule is C/C=C/C[C@@H](C)[C@@H](O)[C@H]1C(=O)N[C@@H](CC)C(=O)N(C)CC(=O)N(C)[C@@H](CC(C)C)C(=O)N[C@@H](C(C)C)C(=O)N(C)[C@@H](CC(C)C)C(=O)N[C@@H](C)C(=O)N[C@H](COCC(=O)OC(C)(C)C)C(=O)N(C)[C@@H](CC(C)C)C(=O)N(C)[C@@H](CC(C)C)C(=O)N(C)[C@@H](C(C)C)C(=O)N1C. The highest BCUT2D eigenvalue weighted by atomic mass is 16.6. The fourth-order valence-electron chi connectivity index (χ4n) is 11.3. The van der Waals surface area contributed by atoms with Crippen LogP contribution in [0.1, 0.15) is 170 Å². The quantitative estimate of drug-likeness (QED) is 0.0912. The van der Waals surface area contributed by atoms with Crippen molar-refractivity contribution in [2.45, 2.75) is 242 Å². The Bertz CT molecular complexity index is 2600. The molecule has 538 valence electrons. The van der Waals surface area contributed by atoms with Crippen LogP contribution in [0.2, 0.25) is 0 Å². The lowest BCUT2D eigenvalue weighted by Gasteiger charge is -2.41. The molecule has 0 unspecified atom stereocenters. The summed E-state index contributed by atoms with van der Waals surface area (Å²) in [6.07, 6.45) is 2.67. The first-order valence-electron chi connectivity index (χ1n) is 33.4. The van der Waals surface area contributed by atoms with Crippen molar-refractivity contribution < 1.29 is 72.1 Å². The Morgan fingerprint density at radius 2 is 0.968 bits per heavy atom. The van der Waals surface area contributed by atoms with Crippen molar-refractivity contribution in [1.29, 1.82) is 0 Å². The van der Waals surface area contributed by atoms with Gasteiger partial charge in [-0.05, 0) is 115 Å². The van der Waals surface area contributed by atoms with E-state index < -0.39 is 181 Å². The number of carbonyl (C=O) groups excluding carboxylic acids is 12. The van der Waals surface area contributed by atoms with E-state index in [2.05, 4.69) is 21.3 Å². The number of amides is 11. The number of aliphatic hydroxyl groups excluding tert-OH is 1. The Morgan fingerprint density at radius 3 is 1.43 bits per heavy atom. The number of ether oxygens (including phenoxy) is 2. The molecular formula is C68H121N11O15. The zero-order chi connectivity index (χ0) is 72.9. The molecule has 1 fully saturated rings. The summed E-state index contributed by atoms with van der Waals surface area (Å²) in [6.45, 7) is 31.2. The molecule has 5 N–H and O–H groups in total. The van der Waals surface area contributed by atoms with E-state index >= 15 is 19.2 Å². The van der Waals surface area contributed by atoms with Gasteiger partial charge in [-0.25, -0.2) is 4.79 Å². The average Bonchev–Trinajstić information content (AvgIpc) is 0.812. The van der Waals surface area contributed by atoms with E-state index in [0.717, 1.165) is 14.7 Å². The van der Waals surface area contributed by atoms with Gasteiger partial charge in [0.1, 0.15) is 72.6 Å². The van der Waals surface area contributed by atoms with Crippen LogP contribution in [0, 0.1) is 41.4 Å². The number of allylic oxidation sites excluding steroid dienone is 2. The molecule has 0 aromatic carbocycles. The van der Waals surface area contributed by atoms with E-state index in [0.29, 0.717) is 0 Å². The van der Waals surface area contributed by atoms with E-state index in [1.165, 1.54) is 75.9 Å². The second-order valence-corrected chi connectivity index (χ2v) is 29.0. The second kappa shape index (κ2) is 38.7. The Labute approximate surface area is 561 Å². The predicted octanol–water partition coefficient (Wildman–Crippen LogP) is 3.61. The van der Waals surface area contributed by atoms with Crippen molar-refractivity contribution in [2.75, 3.05) is 69.1 Å². The monoisotopic (exact) mass is 1330 g/mol. The van der Waals surface area contributed by atoms with E-state index in [9.17, 15) is 43.5 Å². The highest BCUT2D eigenvalue weighted by molar-refractivity contribution is 5.99.